The Kier molecular flexibility index (Phi) is 2.52. The summed E-state index contributed by atoms with van der Waals surface area (Å²) in [4.78, 5) is 0. The van der Waals surface area contributed by atoms with Crippen molar-refractivity contribution in [2.75, 3.05) is 14.2 Å². The molecule has 68 valence electrons. The van der Waals surface area contributed by atoms with Crippen molar-refractivity contribution in [2.24, 2.45) is 5.73 Å². The highest BCUT2D eigenvalue weighted by atomic mass is 16.6. The molecule has 4 heteroatoms. The van der Waals surface area contributed by atoms with Gasteiger partial charge in [0.25, 0.3) is 0 Å². The average molecular weight is 171 g/mol. The molecule has 1 aliphatic carbocycles. The van der Waals surface area contributed by atoms with Gasteiger partial charge in [0.15, 0.2) is 5.76 Å². The second-order valence-electron chi connectivity index (χ2n) is 2.57. The van der Waals surface area contributed by atoms with Crippen LogP contribution in [0.2, 0.25) is 0 Å². The third-order valence-electron chi connectivity index (χ3n) is 1.77. The normalized spacial score (nSPS) is 34.7. The molecule has 2 unspecified atom stereocenters. The summed E-state index contributed by atoms with van der Waals surface area (Å²) in [6, 6.07) is -0.227. The molecule has 0 radical (unpaired) electrons. The minimum atomic E-state index is -1.45. The summed E-state index contributed by atoms with van der Waals surface area (Å²) in [7, 11) is 2.86. The maximum Gasteiger partial charge on any atom is 0.245 e. The first-order valence-corrected chi connectivity index (χ1v) is 3.61. The van der Waals surface area contributed by atoms with E-state index in [4.69, 9.17) is 15.2 Å². The summed E-state index contributed by atoms with van der Waals surface area (Å²) in [5, 5.41) is 9.70. The highest BCUT2D eigenvalue weighted by Gasteiger charge is 2.32. The minimum Gasteiger partial charge on any atom is -0.495 e. The first-order chi connectivity index (χ1) is 5.62. The van der Waals surface area contributed by atoms with Crippen molar-refractivity contribution in [3.63, 3.8) is 0 Å². The Hall–Kier alpha value is -0.840. The van der Waals surface area contributed by atoms with Crippen molar-refractivity contribution in [3.8, 4) is 0 Å². The number of hydrogen-bond acceptors (Lipinski definition) is 4. The van der Waals surface area contributed by atoms with Crippen molar-refractivity contribution in [2.45, 2.75) is 11.8 Å². The fourth-order valence-corrected chi connectivity index (χ4v) is 1.06. The lowest BCUT2D eigenvalue weighted by atomic mass is 10.0. The molecule has 4 nitrogen and oxygen atoms in total. The predicted octanol–water partition coefficient (Wildman–Crippen LogP) is -0.251. The van der Waals surface area contributed by atoms with E-state index in [1.165, 1.54) is 20.3 Å². The van der Waals surface area contributed by atoms with Crippen LogP contribution in [0.15, 0.2) is 24.0 Å². The summed E-state index contributed by atoms with van der Waals surface area (Å²) in [6.07, 6.45) is 4.71. The van der Waals surface area contributed by atoms with Gasteiger partial charge in [0.2, 0.25) is 5.79 Å². The average Bonchev–Trinajstić information content (AvgIpc) is 2.09. The van der Waals surface area contributed by atoms with Crippen LogP contribution in [0.5, 0.6) is 0 Å². The van der Waals surface area contributed by atoms with E-state index < -0.39 is 5.79 Å². The molecule has 0 bridgehead atoms. The summed E-state index contributed by atoms with van der Waals surface area (Å²) in [5.41, 5.74) is 5.57. The van der Waals surface area contributed by atoms with Gasteiger partial charge in [-0.2, -0.15) is 0 Å². The molecule has 12 heavy (non-hydrogen) atoms. The third-order valence-corrected chi connectivity index (χ3v) is 1.77. The lowest BCUT2D eigenvalue weighted by molar-refractivity contribution is -0.143. The van der Waals surface area contributed by atoms with Crippen LogP contribution in [-0.2, 0) is 9.47 Å². The van der Waals surface area contributed by atoms with Crippen LogP contribution in [-0.4, -0.2) is 31.2 Å². The first-order valence-electron chi connectivity index (χ1n) is 3.61. The molecule has 2 atom stereocenters. The lowest BCUT2D eigenvalue weighted by Crippen LogP contribution is -2.36. The van der Waals surface area contributed by atoms with Crippen LogP contribution in [0.4, 0.5) is 0 Å². The smallest absolute Gasteiger partial charge is 0.245 e. The number of aliphatic hydroxyl groups is 1. The number of methoxy groups -OCH3 is 2. The molecule has 0 heterocycles. The highest BCUT2D eigenvalue weighted by molar-refractivity contribution is 5.26. The van der Waals surface area contributed by atoms with E-state index in [0.717, 1.165) is 0 Å². The summed E-state index contributed by atoms with van der Waals surface area (Å²) in [6.45, 7) is 0. The van der Waals surface area contributed by atoms with Gasteiger partial charge in [0.1, 0.15) is 0 Å². The summed E-state index contributed by atoms with van der Waals surface area (Å²) in [5.74, 6) is -1.13. The fourth-order valence-electron chi connectivity index (χ4n) is 1.06. The van der Waals surface area contributed by atoms with E-state index in [0.29, 0.717) is 5.76 Å². The van der Waals surface area contributed by atoms with Crippen LogP contribution in [0.25, 0.3) is 0 Å². The van der Waals surface area contributed by atoms with Crippen molar-refractivity contribution in [1.29, 1.82) is 0 Å². The van der Waals surface area contributed by atoms with Crippen molar-refractivity contribution in [3.05, 3.63) is 24.0 Å². The third kappa shape index (κ3) is 1.50. The molecule has 0 aromatic heterocycles. The fraction of sp³-hybridized carbons (Fsp3) is 0.500. The van der Waals surface area contributed by atoms with Crippen molar-refractivity contribution < 1.29 is 14.6 Å². The molecule has 1 rings (SSSR count). The van der Waals surface area contributed by atoms with Crippen LogP contribution in [0, 0.1) is 0 Å². The van der Waals surface area contributed by atoms with E-state index in [9.17, 15) is 5.11 Å². The zero-order valence-corrected chi connectivity index (χ0v) is 7.15. The molecule has 0 fully saturated rings. The largest absolute Gasteiger partial charge is 0.495 e. The Morgan fingerprint density at radius 2 is 2.25 bits per heavy atom. The molecular formula is C8H13NO3. The van der Waals surface area contributed by atoms with Gasteiger partial charge in [-0.25, -0.2) is 0 Å². The van der Waals surface area contributed by atoms with Gasteiger partial charge in [-0.15, -0.1) is 0 Å². The summed E-state index contributed by atoms with van der Waals surface area (Å²) >= 11 is 0. The molecule has 0 aliphatic heterocycles. The van der Waals surface area contributed by atoms with Crippen molar-refractivity contribution >= 4 is 0 Å². The molecule has 0 saturated carbocycles. The Labute approximate surface area is 71.3 Å². The number of ether oxygens (including phenoxy) is 2. The lowest BCUT2D eigenvalue weighted by Gasteiger charge is -2.28. The van der Waals surface area contributed by atoms with E-state index in [2.05, 4.69) is 0 Å². The quantitative estimate of drug-likeness (QED) is 0.444. The Morgan fingerprint density at radius 1 is 1.58 bits per heavy atom. The van der Waals surface area contributed by atoms with Gasteiger partial charge in [-0.3, -0.25) is 0 Å². The minimum absolute atomic E-state index is 0.227. The van der Waals surface area contributed by atoms with Crippen LogP contribution < -0.4 is 5.73 Å². The van der Waals surface area contributed by atoms with E-state index in [-0.39, 0.29) is 6.04 Å². The first kappa shape index (κ1) is 9.25. The molecular weight excluding hydrogens is 158 g/mol. The van der Waals surface area contributed by atoms with Gasteiger partial charge in [0.05, 0.1) is 7.11 Å². The standard InChI is InChI=1S/C8H13NO3/c1-11-7-5-6(9)3-4-8(7,10)12-2/h3-6,10H,9H2,1-2H3. The van der Waals surface area contributed by atoms with E-state index in [1.54, 1.807) is 12.2 Å². The predicted molar refractivity (Wildman–Crippen MR) is 44.2 cm³/mol. The van der Waals surface area contributed by atoms with Crippen LogP contribution in [0.1, 0.15) is 0 Å². The molecule has 0 amide bonds. The molecule has 0 saturated heterocycles. The molecule has 0 aromatic rings. The van der Waals surface area contributed by atoms with E-state index in [1.807, 2.05) is 0 Å². The molecule has 0 spiro atoms. The van der Waals surface area contributed by atoms with Gasteiger partial charge in [-0.1, -0.05) is 6.08 Å². The monoisotopic (exact) mass is 171 g/mol. The SMILES string of the molecule is COC1=CC(N)C=CC1(O)OC. The zero-order valence-electron chi connectivity index (χ0n) is 7.15. The highest BCUT2D eigenvalue weighted by Crippen LogP contribution is 2.24. The zero-order chi connectivity index (χ0) is 9.19. The Bertz CT molecular complexity index is 224. The number of rotatable bonds is 2. The Morgan fingerprint density at radius 3 is 2.75 bits per heavy atom. The summed E-state index contributed by atoms with van der Waals surface area (Å²) < 4.78 is 9.77. The van der Waals surface area contributed by atoms with Gasteiger partial charge in [-0.05, 0) is 12.2 Å². The molecule has 0 aromatic carbocycles. The molecule has 1 aliphatic rings. The molecule has 3 N–H and O–H groups in total. The topological polar surface area (TPSA) is 64.7 Å². The maximum absolute atomic E-state index is 9.70. The van der Waals surface area contributed by atoms with Gasteiger partial charge >= 0.3 is 0 Å². The second-order valence-corrected chi connectivity index (χ2v) is 2.57. The maximum atomic E-state index is 9.70. The van der Waals surface area contributed by atoms with Gasteiger partial charge < -0.3 is 20.3 Å². The van der Waals surface area contributed by atoms with Crippen molar-refractivity contribution in [1.82, 2.24) is 0 Å². The van der Waals surface area contributed by atoms with Gasteiger partial charge in [0, 0.05) is 13.2 Å². The van der Waals surface area contributed by atoms with Crippen LogP contribution in [0.3, 0.4) is 0 Å². The number of hydrogen-bond donors (Lipinski definition) is 2. The second kappa shape index (κ2) is 3.26. The van der Waals surface area contributed by atoms with E-state index >= 15 is 0 Å². The Balaban J connectivity index is 2.90. The number of nitrogens with two attached hydrogens (primary N) is 1. The van der Waals surface area contributed by atoms with Crippen LogP contribution >= 0.6 is 0 Å².